The second-order valence-corrected chi connectivity index (χ2v) is 10.8. The lowest BCUT2D eigenvalue weighted by Crippen LogP contribution is -2.46. The zero-order chi connectivity index (χ0) is 28.1. The Morgan fingerprint density at radius 1 is 1.02 bits per heavy atom. The van der Waals surface area contributed by atoms with Crippen molar-refractivity contribution in [1.29, 1.82) is 0 Å². The molecule has 0 unspecified atom stereocenters. The average molecular weight is 562 g/mol. The number of thiazole rings is 1. The number of aryl methyl sites for hydroxylation is 3. The molecule has 0 atom stereocenters. The van der Waals surface area contributed by atoms with Crippen molar-refractivity contribution in [2.45, 2.75) is 40.5 Å². The van der Waals surface area contributed by atoms with Crippen LogP contribution in [0.3, 0.4) is 0 Å². The quantitative estimate of drug-likeness (QED) is 0.236. The molecule has 3 aromatic heterocycles. The predicted molar refractivity (Wildman–Crippen MR) is 160 cm³/mol. The molecular weight excluding hydrogens is 526 g/mol. The molecule has 4 heterocycles. The third kappa shape index (κ3) is 6.75. The first-order chi connectivity index (χ1) is 19.4. The maximum atomic E-state index is 12.4. The van der Waals surface area contributed by atoms with Gasteiger partial charge in [-0.15, -0.1) is 0 Å². The summed E-state index contributed by atoms with van der Waals surface area (Å²) in [5.74, 6) is 3.50. The summed E-state index contributed by atoms with van der Waals surface area (Å²) in [5.41, 5.74) is 2.66. The summed E-state index contributed by atoms with van der Waals surface area (Å²) in [6, 6.07) is 9.22. The number of rotatable bonds is 9. The van der Waals surface area contributed by atoms with E-state index < -0.39 is 0 Å². The fourth-order valence-corrected chi connectivity index (χ4v) is 5.45. The zero-order valence-electron chi connectivity index (χ0n) is 23.3. The van der Waals surface area contributed by atoms with Gasteiger partial charge in [-0.3, -0.25) is 10.2 Å². The van der Waals surface area contributed by atoms with Crippen LogP contribution in [0, 0.1) is 13.8 Å². The van der Waals surface area contributed by atoms with E-state index in [2.05, 4.69) is 52.8 Å². The summed E-state index contributed by atoms with van der Waals surface area (Å²) in [4.78, 5) is 32.1. The molecule has 0 radical (unpaired) electrons. The van der Waals surface area contributed by atoms with E-state index in [0.29, 0.717) is 23.7 Å². The number of piperazine rings is 1. The maximum absolute atomic E-state index is 12.4. The Bertz CT molecular complexity index is 1460. The van der Waals surface area contributed by atoms with Gasteiger partial charge in [-0.05, 0) is 50.1 Å². The van der Waals surface area contributed by atoms with Crippen molar-refractivity contribution in [1.82, 2.24) is 25.0 Å². The number of benzene rings is 1. The van der Waals surface area contributed by atoms with E-state index in [4.69, 9.17) is 4.52 Å². The monoisotopic (exact) mass is 561 g/mol. The number of urea groups is 1. The summed E-state index contributed by atoms with van der Waals surface area (Å²) in [5, 5.41) is 13.5. The molecule has 1 fully saturated rings. The SMILES string of the molecule is CCCN1CCN(c2cc(Nc3ncc(-c4ccc(NC(=O)Nc5cc(CC)on5)c(C)c4)s3)nc(C)n2)CC1. The van der Waals surface area contributed by atoms with Crippen LogP contribution in [0.25, 0.3) is 10.4 Å². The highest BCUT2D eigenvalue weighted by atomic mass is 32.1. The van der Waals surface area contributed by atoms with Crippen LogP contribution in [0.5, 0.6) is 0 Å². The lowest BCUT2D eigenvalue weighted by molar-refractivity contribution is 0.258. The molecule has 1 saturated heterocycles. The van der Waals surface area contributed by atoms with E-state index in [1.807, 2.05) is 51.2 Å². The fraction of sp³-hybridized carbons (Fsp3) is 0.393. The third-order valence-corrected chi connectivity index (χ3v) is 7.67. The molecule has 210 valence electrons. The van der Waals surface area contributed by atoms with Gasteiger partial charge in [0.1, 0.15) is 23.2 Å². The first kappa shape index (κ1) is 27.5. The lowest BCUT2D eigenvalue weighted by Gasteiger charge is -2.35. The standard InChI is InChI=1S/C28H35N9O2S/c1-5-9-36-10-12-37(13-11-36)26-16-24(30-19(4)31-26)34-28-29-17-23(40-28)20-7-8-22(18(3)14-20)32-27(38)33-25-15-21(6-2)39-35-25/h7-8,14-17H,5-6,9-13H2,1-4H3,(H,29,30,31,34)(H2,32,33,35,38). The first-order valence-corrected chi connectivity index (χ1v) is 14.4. The second kappa shape index (κ2) is 12.4. The predicted octanol–water partition coefficient (Wildman–Crippen LogP) is 5.69. The van der Waals surface area contributed by atoms with E-state index in [-0.39, 0.29) is 6.03 Å². The molecule has 1 aromatic carbocycles. The van der Waals surface area contributed by atoms with Crippen LogP contribution in [0.1, 0.15) is 37.4 Å². The van der Waals surface area contributed by atoms with Crippen molar-refractivity contribution in [3.8, 4) is 10.4 Å². The highest BCUT2D eigenvalue weighted by Crippen LogP contribution is 2.33. The first-order valence-electron chi connectivity index (χ1n) is 13.6. The fourth-order valence-electron chi connectivity index (χ4n) is 4.64. The van der Waals surface area contributed by atoms with Gasteiger partial charge < -0.3 is 20.1 Å². The third-order valence-electron chi connectivity index (χ3n) is 6.71. The van der Waals surface area contributed by atoms with Gasteiger partial charge in [0, 0.05) is 56.6 Å². The second-order valence-electron chi connectivity index (χ2n) is 9.78. The van der Waals surface area contributed by atoms with Gasteiger partial charge in [0.25, 0.3) is 0 Å². The molecule has 1 aliphatic heterocycles. The summed E-state index contributed by atoms with van der Waals surface area (Å²) < 4.78 is 5.13. The largest absolute Gasteiger partial charge is 0.359 e. The Balaban J connectivity index is 1.22. The maximum Gasteiger partial charge on any atom is 0.324 e. The minimum Gasteiger partial charge on any atom is -0.359 e. The van der Waals surface area contributed by atoms with Gasteiger partial charge in [-0.25, -0.2) is 19.7 Å². The number of amides is 2. The minimum absolute atomic E-state index is 0.376. The normalized spacial score (nSPS) is 13.8. The smallest absolute Gasteiger partial charge is 0.324 e. The van der Waals surface area contributed by atoms with Crippen molar-refractivity contribution < 1.29 is 9.32 Å². The number of anilines is 5. The summed E-state index contributed by atoms with van der Waals surface area (Å²) in [6.45, 7) is 13.2. The Morgan fingerprint density at radius 2 is 1.85 bits per heavy atom. The Labute approximate surface area is 238 Å². The Morgan fingerprint density at radius 3 is 2.58 bits per heavy atom. The molecule has 0 spiro atoms. The molecule has 0 aliphatic carbocycles. The number of nitrogens with zero attached hydrogens (tertiary/aromatic N) is 6. The van der Waals surface area contributed by atoms with E-state index in [1.54, 1.807) is 17.4 Å². The summed E-state index contributed by atoms with van der Waals surface area (Å²) >= 11 is 1.55. The van der Waals surface area contributed by atoms with E-state index >= 15 is 0 Å². The van der Waals surface area contributed by atoms with Crippen molar-refractivity contribution in [3.05, 3.63) is 53.7 Å². The Kier molecular flexibility index (Phi) is 8.56. The van der Waals surface area contributed by atoms with E-state index in [1.165, 1.54) is 6.42 Å². The lowest BCUT2D eigenvalue weighted by atomic mass is 10.1. The van der Waals surface area contributed by atoms with Gasteiger partial charge in [0.15, 0.2) is 10.9 Å². The minimum atomic E-state index is -0.376. The van der Waals surface area contributed by atoms with Crippen LogP contribution in [0.15, 0.2) is 41.1 Å². The topological polar surface area (TPSA) is 124 Å². The molecule has 11 nitrogen and oxygen atoms in total. The zero-order valence-corrected chi connectivity index (χ0v) is 24.1. The number of carbonyl (C=O) groups is 1. The van der Waals surface area contributed by atoms with Crippen molar-refractivity contribution >= 4 is 45.6 Å². The molecule has 2 amide bonds. The number of aromatic nitrogens is 4. The molecule has 5 rings (SSSR count). The van der Waals surface area contributed by atoms with Crippen LogP contribution < -0.4 is 20.9 Å². The number of hydrogen-bond acceptors (Lipinski definition) is 10. The van der Waals surface area contributed by atoms with Gasteiger partial charge in [0.05, 0.1) is 4.88 Å². The van der Waals surface area contributed by atoms with Crippen molar-refractivity contribution in [2.75, 3.05) is 53.6 Å². The molecule has 0 saturated carbocycles. The highest BCUT2D eigenvalue weighted by Gasteiger charge is 2.19. The number of nitrogens with one attached hydrogen (secondary N) is 3. The molecule has 1 aliphatic rings. The molecule has 3 N–H and O–H groups in total. The number of hydrogen-bond donors (Lipinski definition) is 3. The van der Waals surface area contributed by atoms with Gasteiger partial charge in [-0.1, -0.05) is 36.4 Å². The molecule has 0 bridgehead atoms. The molecule has 12 heteroatoms. The van der Waals surface area contributed by atoms with Crippen molar-refractivity contribution in [3.63, 3.8) is 0 Å². The van der Waals surface area contributed by atoms with E-state index in [9.17, 15) is 4.79 Å². The highest BCUT2D eigenvalue weighted by molar-refractivity contribution is 7.18. The van der Waals surface area contributed by atoms with Crippen LogP contribution >= 0.6 is 11.3 Å². The summed E-state index contributed by atoms with van der Waals surface area (Å²) in [7, 11) is 0. The van der Waals surface area contributed by atoms with Gasteiger partial charge >= 0.3 is 6.03 Å². The van der Waals surface area contributed by atoms with Crippen LogP contribution in [-0.4, -0.2) is 63.8 Å². The Hall–Kier alpha value is -4.03. The van der Waals surface area contributed by atoms with Gasteiger partial charge in [0.2, 0.25) is 0 Å². The van der Waals surface area contributed by atoms with E-state index in [0.717, 1.165) is 71.3 Å². The van der Waals surface area contributed by atoms with Crippen LogP contribution in [0.4, 0.5) is 33.1 Å². The number of carbonyl (C=O) groups excluding carboxylic acids is 1. The van der Waals surface area contributed by atoms with Crippen molar-refractivity contribution in [2.24, 2.45) is 0 Å². The molecule has 4 aromatic rings. The van der Waals surface area contributed by atoms with Crippen LogP contribution in [-0.2, 0) is 6.42 Å². The van der Waals surface area contributed by atoms with Gasteiger partial charge in [-0.2, -0.15) is 0 Å². The molecule has 40 heavy (non-hydrogen) atoms. The van der Waals surface area contributed by atoms with Crippen LogP contribution in [0.2, 0.25) is 0 Å². The average Bonchev–Trinajstić information content (AvgIpc) is 3.59. The molecular formula is C28H35N9O2S. The summed E-state index contributed by atoms with van der Waals surface area (Å²) in [6.07, 6.45) is 3.74.